The van der Waals surface area contributed by atoms with Crippen molar-refractivity contribution in [2.75, 3.05) is 12.0 Å². The van der Waals surface area contributed by atoms with Gasteiger partial charge in [0, 0.05) is 5.75 Å². The summed E-state index contributed by atoms with van der Waals surface area (Å²) in [6.45, 7) is 2.37. The minimum Gasteiger partial charge on any atom is -0.464 e. The van der Waals surface area contributed by atoms with Crippen molar-refractivity contribution < 1.29 is 4.74 Å². The van der Waals surface area contributed by atoms with Crippen molar-refractivity contribution in [1.82, 2.24) is 15.0 Å². The highest BCUT2D eigenvalue weighted by molar-refractivity contribution is 7.98. The van der Waals surface area contributed by atoms with Crippen LogP contribution in [0.3, 0.4) is 0 Å². The lowest BCUT2D eigenvalue weighted by molar-refractivity contribution is 0.308. The van der Waals surface area contributed by atoms with Crippen LogP contribution in [0.15, 0.2) is 35.5 Å². The first-order chi connectivity index (χ1) is 9.31. The summed E-state index contributed by atoms with van der Waals surface area (Å²) in [5, 5.41) is 0.579. The van der Waals surface area contributed by atoms with Crippen LogP contribution in [0.5, 0.6) is 6.01 Å². The fourth-order valence-electron chi connectivity index (χ4n) is 1.38. The summed E-state index contributed by atoms with van der Waals surface area (Å²) < 4.78 is 5.27. The molecule has 0 saturated carbocycles. The smallest absolute Gasteiger partial charge is 0.322 e. The number of benzene rings is 1. The molecular formula is C12H15N5OS. The summed E-state index contributed by atoms with van der Waals surface area (Å²) in [6, 6.07) is 10.4. The van der Waals surface area contributed by atoms with Gasteiger partial charge in [-0.3, -0.25) is 5.43 Å². The Morgan fingerprint density at radius 2 is 2.00 bits per heavy atom. The van der Waals surface area contributed by atoms with Gasteiger partial charge in [0.2, 0.25) is 5.95 Å². The van der Waals surface area contributed by atoms with Crippen molar-refractivity contribution in [2.24, 2.45) is 5.84 Å². The molecule has 1 aromatic carbocycles. The topological polar surface area (TPSA) is 86.0 Å². The largest absolute Gasteiger partial charge is 0.464 e. The second kappa shape index (κ2) is 6.91. The van der Waals surface area contributed by atoms with Crippen molar-refractivity contribution in [3.63, 3.8) is 0 Å². The van der Waals surface area contributed by atoms with Crippen LogP contribution in [0, 0.1) is 0 Å². The molecule has 0 saturated heterocycles. The monoisotopic (exact) mass is 277 g/mol. The lowest BCUT2D eigenvalue weighted by Crippen LogP contribution is -2.12. The van der Waals surface area contributed by atoms with E-state index >= 15 is 0 Å². The van der Waals surface area contributed by atoms with E-state index in [9.17, 15) is 0 Å². The molecule has 1 aromatic heterocycles. The summed E-state index contributed by atoms with van der Waals surface area (Å²) in [7, 11) is 0. The van der Waals surface area contributed by atoms with Gasteiger partial charge in [-0.1, -0.05) is 42.1 Å². The Morgan fingerprint density at radius 1 is 1.21 bits per heavy atom. The van der Waals surface area contributed by atoms with Gasteiger partial charge >= 0.3 is 6.01 Å². The molecule has 1 heterocycles. The Balaban J connectivity index is 2.08. The molecule has 2 rings (SSSR count). The molecule has 3 N–H and O–H groups in total. The number of hydrogen-bond donors (Lipinski definition) is 2. The SMILES string of the molecule is CCOc1nc(NN)nc(SCc2ccccc2)n1. The van der Waals surface area contributed by atoms with Crippen LogP contribution in [-0.4, -0.2) is 21.6 Å². The second-order valence-corrected chi connectivity index (χ2v) is 4.52. The van der Waals surface area contributed by atoms with E-state index in [-0.39, 0.29) is 6.01 Å². The highest BCUT2D eigenvalue weighted by Gasteiger charge is 2.07. The maximum Gasteiger partial charge on any atom is 0.322 e. The third-order valence-electron chi connectivity index (χ3n) is 2.21. The van der Waals surface area contributed by atoms with Crippen molar-refractivity contribution in [3.05, 3.63) is 35.9 Å². The molecule has 100 valence electrons. The number of hydrogen-bond acceptors (Lipinski definition) is 7. The van der Waals surface area contributed by atoms with Crippen molar-refractivity contribution >= 4 is 17.7 Å². The Bertz CT molecular complexity index is 523. The number of nitrogens with two attached hydrogens (primary N) is 1. The molecule has 0 aliphatic carbocycles. The van der Waals surface area contributed by atoms with Gasteiger partial charge in [-0.15, -0.1) is 0 Å². The van der Waals surface area contributed by atoms with Crippen molar-refractivity contribution in [3.8, 4) is 6.01 Å². The fourth-order valence-corrected chi connectivity index (χ4v) is 2.16. The maximum absolute atomic E-state index is 5.32. The predicted octanol–water partition coefficient (Wildman–Crippen LogP) is 1.85. The average molecular weight is 277 g/mol. The highest BCUT2D eigenvalue weighted by Crippen LogP contribution is 2.21. The predicted molar refractivity (Wildman–Crippen MR) is 74.8 cm³/mol. The summed E-state index contributed by atoms with van der Waals surface area (Å²) in [5.74, 6) is 6.40. The van der Waals surface area contributed by atoms with Gasteiger partial charge in [-0.05, 0) is 12.5 Å². The number of nitrogens with one attached hydrogen (secondary N) is 1. The summed E-state index contributed by atoms with van der Waals surface area (Å²) in [4.78, 5) is 12.4. The highest BCUT2D eigenvalue weighted by atomic mass is 32.2. The Labute approximate surface area is 115 Å². The number of nitrogen functional groups attached to an aromatic ring is 1. The van der Waals surface area contributed by atoms with Crippen LogP contribution in [0.4, 0.5) is 5.95 Å². The van der Waals surface area contributed by atoms with Gasteiger partial charge in [-0.25, -0.2) is 5.84 Å². The second-order valence-electron chi connectivity index (χ2n) is 3.58. The van der Waals surface area contributed by atoms with E-state index in [2.05, 4.69) is 32.5 Å². The first-order valence-electron chi connectivity index (χ1n) is 5.84. The minimum absolute atomic E-state index is 0.279. The number of anilines is 1. The minimum atomic E-state index is 0.279. The molecule has 0 aliphatic heterocycles. The number of hydrazine groups is 1. The van der Waals surface area contributed by atoms with Crippen LogP contribution in [0.25, 0.3) is 0 Å². The summed E-state index contributed by atoms with van der Waals surface area (Å²) in [5.41, 5.74) is 3.61. The van der Waals surface area contributed by atoms with E-state index in [4.69, 9.17) is 10.6 Å². The zero-order chi connectivity index (χ0) is 13.5. The third kappa shape index (κ3) is 4.08. The normalized spacial score (nSPS) is 10.2. The van der Waals surface area contributed by atoms with Gasteiger partial charge < -0.3 is 4.74 Å². The van der Waals surface area contributed by atoms with Crippen LogP contribution < -0.4 is 16.0 Å². The van der Waals surface area contributed by atoms with Gasteiger partial charge in [0.15, 0.2) is 5.16 Å². The molecule has 0 amide bonds. The van der Waals surface area contributed by atoms with E-state index in [1.54, 1.807) is 0 Å². The molecule has 19 heavy (non-hydrogen) atoms. The van der Waals surface area contributed by atoms with Gasteiger partial charge in [0.1, 0.15) is 0 Å². The summed E-state index contributed by atoms with van der Waals surface area (Å²) in [6.07, 6.45) is 0. The number of ether oxygens (including phenoxy) is 1. The number of thioether (sulfide) groups is 1. The van der Waals surface area contributed by atoms with Crippen molar-refractivity contribution in [2.45, 2.75) is 17.8 Å². The number of aromatic nitrogens is 3. The van der Waals surface area contributed by atoms with Gasteiger partial charge in [0.05, 0.1) is 6.61 Å². The van der Waals surface area contributed by atoms with Crippen LogP contribution in [0.2, 0.25) is 0 Å². The first-order valence-corrected chi connectivity index (χ1v) is 6.82. The molecule has 0 fully saturated rings. The molecule has 0 radical (unpaired) electrons. The lowest BCUT2D eigenvalue weighted by atomic mass is 10.2. The summed E-state index contributed by atoms with van der Waals surface area (Å²) >= 11 is 1.51. The van der Waals surface area contributed by atoms with E-state index < -0.39 is 0 Å². The molecule has 0 aliphatic rings. The van der Waals surface area contributed by atoms with E-state index in [1.807, 2.05) is 25.1 Å². The number of rotatable bonds is 6. The van der Waals surface area contributed by atoms with Crippen LogP contribution in [0.1, 0.15) is 12.5 Å². The van der Waals surface area contributed by atoms with E-state index in [1.165, 1.54) is 17.3 Å². The zero-order valence-electron chi connectivity index (χ0n) is 10.5. The number of nitrogens with zero attached hydrogens (tertiary/aromatic N) is 3. The standard InChI is InChI=1S/C12H15N5OS/c1-2-18-11-14-10(17-13)15-12(16-11)19-8-9-6-4-3-5-7-9/h3-7H,2,8,13H2,1H3,(H,14,15,16,17). The maximum atomic E-state index is 5.32. The lowest BCUT2D eigenvalue weighted by Gasteiger charge is -2.06. The van der Waals surface area contributed by atoms with E-state index in [0.717, 1.165) is 5.75 Å². The van der Waals surface area contributed by atoms with E-state index in [0.29, 0.717) is 17.7 Å². The molecule has 0 bridgehead atoms. The molecule has 0 atom stereocenters. The van der Waals surface area contributed by atoms with Crippen molar-refractivity contribution in [1.29, 1.82) is 0 Å². The molecule has 0 unspecified atom stereocenters. The molecule has 7 heteroatoms. The molecule has 6 nitrogen and oxygen atoms in total. The van der Waals surface area contributed by atoms with Crippen LogP contribution >= 0.6 is 11.8 Å². The molecular weight excluding hydrogens is 262 g/mol. The Hall–Kier alpha value is -1.86. The molecule has 2 aromatic rings. The average Bonchev–Trinajstić information content (AvgIpc) is 2.46. The van der Waals surface area contributed by atoms with Crippen LogP contribution in [-0.2, 0) is 5.75 Å². The fraction of sp³-hybridized carbons (Fsp3) is 0.250. The Morgan fingerprint density at radius 3 is 2.68 bits per heavy atom. The molecule has 0 spiro atoms. The third-order valence-corrected chi connectivity index (χ3v) is 3.13. The van der Waals surface area contributed by atoms with Gasteiger partial charge in [0.25, 0.3) is 0 Å². The Kier molecular flexibility index (Phi) is 4.93. The van der Waals surface area contributed by atoms with Gasteiger partial charge in [-0.2, -0.15) is 15.0 Å². The zero-order valence-corrected chi connectivity index (χ0v) is 11.4. The quantitative estimate of drug-likeness (QED) is 0.473. The first kappa shape index (κ1) is 13.6.